The number of nitrogens with zero attached hydrogens (tertiary/aromatic N) is 2. The van der Waals surface area contributed by atoms with Gasteiger partial charge in [-0.2, -0.15) is 10.4 Å². The number of carboxylic acid groups (broad SMARTS) is 1. The molecule has 4 N–H and O–H groups in total. The van der Waals surface area contributed by atoms with Crippen molar-refractivity contribution >= 4 is 11.8 Å². The summed E-state index contributed by atoms with van der Waals surface area (Å²) in [6, 6.07) is 1.85. The largest absolute Gasteiger partial charge is 0.481 e. The Hall–Kier alpha value is -2.03. The van der Waals surface area contributed by atoms with Crippen molar-refractivity contribution in [3.8, 4) is 6.07 Å². The van der Waals surface area contributed by atoms with Crippen LogP contribution in [0.1, 0.15) is 31.0 Å². The summed E-state index contributed by atoms with van der Waals surface area (Å²) < 4.78 is 0. The molecule has 0 saturated carbocycles. The lowest BCUT2D eigenvalue weighted by atomic mass is 9.90. The highest BCUT2D eigenvalue weighted by Crippen LogP contribution is 2.27. The third-order valence-corrected chi connectivity index (χ3v) is 2.18. The van der Waals surface area contributed by atoms with Crippen molar-refractivity contribution in [2.24, 2.45) is 5.92 Å². The molecule has 0 aliphatic carbocycles. The molecule has 0 saturated heterocycles. The topological polar surface area (TPSA) is 116 Å². The lowest BCUT2D eigenvalue weighted by Gasteiger charge is -2.14. The molecule has 0 amide bonds. The Labute approximate surface area is 86.7 Å². The van der Waals surface area contributed by atoms with Gasteiger partial charge in [0.15, 0.2) is 5.82 Å². The molecule has 0 aliphatic heterocycles. The predicted molar refractivity (Wildman–Crippen MR) is 52.9 cm³/mol. The van der Waals surface area contributed by atoms with Crippen molar-refractivity contribution in [1.29, 1.82) is 5.26 Å². The van der Waals surface area contributed by atoms with E-state index in [1.54, 1.807) is 13.8 Å². The Morgan fingerprint density at radius 1 is 1.67 bits per heavy atom. The fraction of sp³-hybridized carbons (Fsp3) is 0.444. The molecular weight excluding hydrogens is 196 g/mol. The van der Waals surface area contributed by atoms with Gasteiger partial charge in [0, 0.05) is 0 Å². The SMILES string of the molecule is CC(C)C(C(=O)O)c1[nH]nc(N)c1C#N. The van der Waals surface area contributed by atoms with Crippen molar-refractivity contribution in [1.82, 2.24) is 10.2 Å². The molecule has 0 bridgehead atoms. The van der Waals surface area contributed by atoms with Crippen molar-refractivity contribution in [2.75, 3.05) is 5.73 Å². The van der Waals surface area contributed by atoms with E-state index in [0.29, 0.717) is 0 Å². The molecular formula is C9H12N4O2. The van der Waals surface area contributed by atoms with Gasteiger partial charge < -0.3 is 10.8 Å². The van der Waals surface area contributed by atoms with E-state index in [2.05, 4.69) is 10.2 Å². The fourth-order valence-electron chi connectivity index (χ4n) is 1.45. The van der Waals surface area contributed by atoms with E-state index in [4.69, 9.17) is 16.1 Å². The predicted octanol–water partition coefficient (Wildman–Crippen LogP) is 0.688. The zero-order valence-electron chi connectivity index (χ0n) is 8.48. The molecule has 0 fully saturated rings. The van der Waals surface area contributed by atoms with Crippen LogP contribution >= 0.6 is 0 Å². The lowest BCUT2D eigenvalue weighted by molar-refractivity contribution is -0.140. The van der Waals surface area contributed by atoms with Crippen molar-refractivity contribution in [3.05, 3.63) is 11.3 Å². The lowest BCUT2D eigenvalue weighted by Crippen LogP contribution is -2.19. The smallest absolute Gasteiger partial charge is 0.312 e. The molecule has 6 heteroatoms. The number of aromatic nitrogens is 2. The van der Waals surface area contributed by atoms with Crippen LogP contribution in [0.25, 0.3) is 0 Å². The maximum atomic E-state index is 11.0. The second-order valence-electron chi connectivity index (χ2n) is 3.57. The number of nitriles is 1. The zero-order chi connectivity index (χ0) is 11.6. The summed E-state index contributed by atoms with van der Waals surface area (Å²) in [7, 11) is 0. The Bertz CT molecular complexity index is 416. The van der Waals surface area contributed by atoms with Gasteiger partial charge in [-0.15, -0.1) is 0 Å². The molecule has 0 spiro atoms. The maximum absolute atomic E-state index is 11.0. The number of carboxylic acids is 1. The number of nitrogen functional groups attached to an aromatic ring is 1. The second-order valence-corrected chi connectivity index (χ2v) is 3.57. The van der Waals surface area contributed by atoms with E-state index in [1.807, 2.05) is 6.07 Å². The standard InChI is InChI=1S/C9H12N4O2/c1-4(2)6(9(14)15)7-5(3-10)8(11)13-12-7/h4,6H,1-2H3,(H,14,15)(H3,11,12,13). The van der Waals surface area contributed by atoms with E-state index in [0.717, 1.165) is 0 Å². The summed E-state index contributed by atoms with van der Waals surface area (Å²) in [5, 5.41) is 24.0. The molecule has 80 valence electrons. The van der Waals surface area contributed by atoms with Crippen molar-refractivity contribution in [2.45, 2.75) is 19.8 Å². The van der Waals surface area contributed by atoms with Crippen LogP contribution in [0.3, 0.4) is 0 Å². The third kappa shape index (κ3) is 1.91. The summed E-state index contributed by atoms with van der Waals surface area (Å²) in [6.07, 6.45) is 0. The first-order chi connectivity index (χ1) is 6.99. The second kappa shape index (κ2) is 4.00. The number of rotatable bonds is 3. The molecule has 1 aromatic heterocycles. The van der Waals surface area contributed by atoms with Gasteiger partial charge in [-0.25, -0.2) is 0 Å². The molecule has 0 aliphatic rings. The summed E-state index contributed by atoms with van der Waals surface area (Å²) >= 11 is 0. The number of aliphatic carboxylic acids is 1. The van der Waals surface area contributed by atoms with Gasteiger partial charge in [0.25, 0.3) is 0 Å². The number of hydrogen-bond acceptors (Lipinski definition) is 4. The number of hydrogen-bond donors (Lipinski definition) is 3. The van der Waals surface area contributed by atoms with Gasteiger partial charge in [0.05, 0.1) is 5.69 Å². The summed E-state index contributed by atoms with van der Waals surface area (Å²) in [6.45, 7) is 3.52. The van der Waals surface area contributed by atoms with Gasteiger partial charge in [-0.05, 0) is 5.92 Å². The van der Waals surface area contributed by atoms with Crippen LogP contribution < -0.4 is 5.73 Å². The van der Waals surface area contributed by atoms with Crippen molar-refractivity contribution < 1.29 is 9.90 Å². The van der Waals surface area contributed by atoms with E-state index in [-0.39, 0.29) is 23.0 Å². The van der Waals surface area contributed by atoms with Gasteiger partial charge in [0.1, 0.15) is 17.6 Å². The minimum atomic E-state index is -0.995. The molecule has 0 radical (unpaired) electrons. The van der Waals surface area contributed by atoms with Gasteiger partial charge in [0.2, 0.25) is 0 Å². The highest BCUT2D eigenvalue weighted by molar-refractivity contribution is 5.77. The highest BCUT2D eigenvalue weighted by atomic mass is 16.4. The number of nitrogens with two attached hydrogens (primary N) is 1. The zero-order valence-corrected chi connectivity index (χ0v) is 8.48. The Morgan fingerprint density at radius 3 is 2.67 bits per heavy atom. The molecule has 6 nitrogen and oxygen atoms in total. The first-order valence-electron chi connectivity index (χ1n) is 4.45. The van der Waals surface area contributed by atoms with Gasteiger partial charge >= 0.3 is 5.97 Å². The van der Waals surface area contributed by atoms with Crippen LogP contribution in [0, 0.1) is 17.2 Å². The number of carbonyl (C=O) groups is 1. The quantitative estimate of drug-likeness (QED) is 0.675. The number of H-pyrrole nitrogens is 1. The normalized spacial score (nSPS) is 12.4. The number of nitrogens with one attached hydrogen (secondary N) is 1. The molecule has 15 heavy (non-hydrogen) atoms. The molecule has 1 unspecified atom stereocenters. The molecule has 1 heterocycles. The first kappa shape index (κ1) is 11.0. The summed E-state index contributed by atoms with van der Waals surface area (Å²) in [5.74, 6) is -1.89. The van der Waals surface area contributed by atoms with E-state index in [9.17, 15) is 4.79 Å². The minimum absolute atomic E-state index is 0.0411. The monoisotopic (exact) mass is 208 g/mol. The van der Waals surface area contributed by atoms with Crippen LogP contribution in [-0.2, 0) is 4.79 Å². The van der Waals surface area contributed by atoms with E-state index >= 15 is 0 Å². The van der Waals surface area contributed by atoms with Crippen molar-refractivity contribution in [3.63, 3.8) is 0 Å². The summed E-state index contributed by atoms with van der Waals surface area (Å²) in [4.78, 5) is 11.0. The Kier molecular flexibility index (Phi) is 2.95. The van der Waals surface area contributed by atoms with Gasteiger partial charge in [-0.3, -0.25) is 9.89 Å². The van der Waals surface area contributed by atoms with Gasteiger partial charge in [-0.1, -0.05) is 13.8 Å². The minimum Gasteiger partial charge on any atom is -0.481 e. The van der Waals surface area contributed by atoms with Crippen LogP contribution in [-0.4, -0.2) is 21.3 Å². The van der Waals surface area contributed by atoms with E-state index in [1.165, 1.54) is 0 Å². The first-order valence-corrected chi connectivity index (χ1v) is 4.45. The number of anilines is 1. The van der Waals surface area contributed by atoms with Crippen LogP contribution in [0.4, 0.5) is 5.82 Å². The average Bonchev–Trinajstić information content (AvgIpc) is 2.46. The third-order valence-electron chi connectivity index (χ3n) is 2.18. The maximum Gasteiger partial charge on any atom is 0.312 e. The molecule has 1 aromatic rings. The molecule has 1 rings (SSSR count). The van der Waals surface area contributed by atoms with E-state index < -0.39 is 11.9 Å². The molecule has 0 aromatic carbocycles. The average molecular weight is 208 g/mol. The van der Waals surface area contributed by atoms with Crippen LogP contribution in [0.15, 0.2) is 0 Å². The summed E-state index contributed by atoms with van der Waals surface area (Å²) in [5.41, 5.74) is 5.83. The van der Waals surface area contributed by atoms with Crippen LogP contribution in [0.5, 0.6) is 0 Å². The Balaban J connectivity index is 3.24. The van der Waals surface area contributed by atoms with Crippen LogP contribution in [0.2, 0.25) is 0 Å². The molecule has 1 atom stereocenters. The Morgan fingerprint density at radius 2 is 2.27 bits per heavy atom. The number of aromatic amines is 1. The highest BCUT2D eigenvalue weighted by Gasteiger charge is 2.29. The fourth-order valence-corrected chi connectivity index (χ4v) is 1.45.